The van der Waals surface area contributed by atoms with Gasteiger partial charge in [0.15, 0.2) is 0 Å². The van der Waals surface area contributed by atoms with Crippen molar-refractivity contribution in [3.05, 3.63) is 53.3 Å². The molecule has 0 bridgehead atoms. The molecule has 0 fully saturated rings. The summed E-state index contributed by atoms with van der Waals surface area (Å²) in [4.78, 5) is 27.6. The first-order valence-corrected chi connectivity index (χ1v) is 8.49. The van der Waals surface area contributed by atoms with Gasteiger partial charge in [-0.15, -0.1) is 0 Å². The second-order valence-corrected chi connectivity index (χ2v) is 6.90. The smallest absolute Gasteiger partial charge is 0.285 e. The minimum Gasteiger partial charge on any atom is -0.285 e. The lowest BCUT2D eigenvalue weighted by molar-refractivity contribution is 0.105. The number of hydrogen-bond acceptors (Lipinski definition) is 4. The summed E-state index contributed by atoms with van der Waals surface area (Å²) >= 11 is 5.90. The van der Waals surface area contributed by atoms with Crippen LogP contribution < -0.4 is 4.72 Å². The first kappa shape index (κ1) is 15.4. The van der Waals surface area contributed by atoms with Gasteiger partial charge in [0.05, 0.1) is 16.4 Å². The molecule has 2 heterocycles. The average molecular weight is 352 g/mol. The van der Waals surface area contributed by atoms with E-state index in [2.05, 4.69) is 9.71 Å². The number of anilines is 1. The number of halogens is 1. The summed E-state index contributed by atoms with van der Waals surface area (Å²) < 4.78 is 27.7. The number of Topliss-reactive ketones (excluding diaryl/α,β-unsaturated/α-hetero) is 1. The van der Waals surface area contributed by atoms with Crippen molar-refractivity contribution in [1.82, 2.24) is 4.57 Å². The van der Waals surface area contributed by atoms with E-state index in [1.165, 1.54) is 30.5 Å². The van der Waals surface area contributed by atoms with Crippen LogP contribution >= 0.6 is 11.6 Å². The standard InChI is InChI=1S/C14H10ClN3O4S/c15-9-4-1-2-5-10(9)17-23(21,22)8-11-13(19)12-6-3-7-18(12)14(20)16-11/h1-7,17H,8H2. The van der Waals surface area contributed by atoms with Gasteiger partial charge in [0.1, 0.15) is 11.5 Å². The van der Waals surface area contributed by atoms with Crippen molar-refractivity contribution in [2.45, 2.75) is 0 Å². The Kier molecular flexibility index (Phi) is 3.78. The Morgan fingerprint density at radius 1 is 1.13 bits per heavy atom. The summed E-state index contributed by atoms with van der Waals surface area (Å²) in [5.41, 5.74) is -0.0542. The number of carbonyl (C=O) groups is 2. The second kappa shape index (κ2) is 5.64. The van der Waals surface area contributed by atoms with E-state index in [0.29, 0.717) is 0 Å². The quantitative estimate of drug-likeness (QED) is 0.912. The minimum atomic E-state index is -3.95. The van der Waals surface area contributed by atoms with E-state index in [1.54, 1.807) is 12.1 Å². The third-order valence-corrected chi connectivity index (χ3v) is 4.66. The molecule has 1 amide bonds. The fourth-order valence-corrected chi connectivity index (χ4v) is 3.51. The van der Waals surface area contributed by atoms with Crippen LogP contribution in [0.1, 0.15) is 10.5 Å². The molecule has 2 aromatic rings. The number of carbonyl (C=O) groups excluding carboxylic acids is 2. The van der Waals surface area contributed by atoms with Crippen molar-refractivity contribution in [3.63, 3.8) is 0 Å². The van der Waals surface area contributed by atoms with Crippen LogP contribution in [0, 0.1) is 0 Å². The second-order valence-electron chi connectivity index (χ2n) is 4.77. The van der Waals surface area contributed by atoms with Crippen molar-refractivity contribution >= 4 is 44.8 Å². The van der Waals surface area contributed by atoms with Crippen LogP contribution in [0.5, 0.6) is 0 Å². The van der Waals surface area contributed by atoms with Crippen molar-refractivity contribution in [2.75, 3.05) is 10.5 Å². The van der Waals surface area contributed by atoms with Gasteiger partial charge in [-0.1, -0.05) is 23.7 Å². The Hall–Kier alpha value is -2.45. The number of para-hydroxylation sites is 1. The predicted octanol–water partition coefficient (Wildman–Crippen LogP) is 2.19. The van der Waals surface area contributed by atoms with E-state index in [1.807, 2.05) is 0 Å². The highest BCUT2D eigenvalue weighted by atomic mass is 35.5. The molecule has 0 saturated carbocycles. The zero-order chi connectivity index (χ0) is 16.6. The molecular weight excluding hydrogens is 342 g/mol. The number of sulfonamides is 1. The molecule has 1 aliphatic rings. The van der Waals surface area contributed by atoms with Crippen LogP contribution in [0.15, 0.2) is 47.6 Å². The third kappa shape index (κ3) is 3.03. The molecule has 7 nitrogen and oxygen atoms in total. The third-order valence-electron chi connectivity index (χ3n) is 3.15. The van der Waals surface area contributed by atoms with E-state index in [0.717, 1.165) is 4.57 Å². The maximum absolute atomic E-state index is 12.2. The average Bonchev–Trinajstić information content (AvgIpc) is 2.97. The van der Waals surface area contributed by atoms with Crippen molar-refractivity contribution < 1.29 is 18.0 Å². The van der Waals surface area contributed by atoms with E-state index >= 15 is 0 Å². The molecule has 9 heteroatoms. The highest BCUT2D eigenvalue weighted by Gasteiger charge is 2.30. The van der Waals surface area contributed by atoms with Crippen LogP contribution in [0.25, 0.3) is 0 Å². The van der Waals surface area contributed by atoms with E-state index < -0.39 is 27.6 Å². The van der Waals surface area contributed by atoms with Gasteiger partial charge in [0.2, 0.25) is 15.8 Å². The van der Waals surface area contributed by atoms with Crippen LogP contribution in [0.4, 0.5) is 10.5 Å². The molecule has 3 rings (SSSR count). The normalized spacial score (nSPS) is 14.4. The van der Waals surface area contributed by atoms with E-state index in [4.69, 9.17) is 11.6 Å². The van der Waals surface area contributed by atoms with Gasteiger partial charge < -0.3 is 0 Å². The van der Waals surface area contributed by atoms with Gasteiger partial charge in [-0.05, 0) is 24.3 Å². The Morgan fingerprint density at radius 3 is 2.61 bits per heavy atom. The molecular formula is C14H10ClN3O4S. The summed E-state index contributed by atoms with van der Waals surface area (Å²) in [6.45, 7) is 0. The van der Waals surface area contributed by atoms with E-state index in [9.17, 15) is 18.0 Å². The minimum absolute atomic E-state index is 0.0907. The molecule has 1 N–H and O–H groups in total. The largest absolute Gasteiger partial charge is 0.352 e. The molecule has 0 aliphatic carbocycles. The van der Waals surface area contributed by atoms with Crippen molar-refractivity contribution in [2.24, 2.45) is 4.99 Å². The number of nitrogens with zero attached hydrogens (tertiary/aromatic N) is 2. The number of aliphatic imine (C=N–C) groups is 1. The van der Waals surface area contributed by atoms with Gasteiger partial charge in [-0.25, -0.2) is 13.2 Å². The number of benzene rings is 1. The number of nitrogens with one attached hydrogen (secondary N) is 1. The molecule has 0 spiro atoms. The molecule has 118 valence electrons. The first-order chi connectivity index (χ1) is 10.9. The Bertz CT molecular complexity index is 946. The highest BCUT2D eigenvalue weighted by molar-refractivity contribution is 7.93. The lowest BCUT2D eigenvalue weighted by atomic mass is 10.2. The number of ketones is 1. The summed E-state index contributed by atoms with van der Waals surface area (Å²) in [7, 11) is -3.95. The topological polar surface area (TPSA) is 97.6 Å². The maximum atomic E-state index is 12.2. The Morgan fingerprint density at radius 2 is 1.87 bits per heavy atom. The summed E-state index contributed by atoms with van der Waals surface area (Å²) in [5.74, 6) is -1.31. The van der Waals surface area contributed by atoms with E-state index in [-0.39, 0.29) is 22.1 Å². The van der Waals surface area contributed by atoms with Crippen LogP contribution in [0.3, 0.4) is 0 Å². The Balaban J connectivity index is 1.85. The van der Waals surface area contributed by atoms with Gasteiger partial charge >= 0.3 is 6.03 Å². The van der Waals surface area contributed by atoms with Crippen molar-refractivity contribution in [3.8, 4) is 0 Å². The monoisotopic (exact) mass is 351 g/mol. The molecule has 23 heavy (non-hydrogen) atoms. The first-order valence-electron chi connectivity index (χ1n) is 6.46. The van der Waals surface area contributed by atoms with Gasteiger partial charge in [-0.3, -0.25) is 14.1 Å². The number of aromatic nitrogens is 1. The summed E-state index contributed by atoms with van der Waals surface area (Å²) in [6, 6.07) is 8.53. The van der Waals surface area contributed by atoms with Gasteiger partial charge in [0, 0.05) is 6.20 Å². The van der Waals surface area contributed by atoms with Crippen LogP contribution in [-0.2, 0) is 10.0 Å². The van der Waals surface area contributed by atoms with Crippen LogP contribution in [-0.4, -0.2) is 36.3 Å². The number of fused-ring (bicyclic) bond motifs is 1. The molecule has 1 aromatic heterocycles. The molecule has 1 aromatic carbocycles. The zero-order valence-electron chi connectivity index (χ0n) is 11.6. The molecule has 0 radical (unpaired) electrons. The highest BCUT2D eigenvalue weighted by Crippen LogP contribution is 2.22. The zero-order valence-corrected chi connectivity index (χ0v) is 13.1. The predicted molar refractivity (Wildman–Crippen MR) is 85.9 cm³/mol. The van der Waals surface area contributed by atoms with Crippen molar-refractivity contribution in [1.29, 1.82) is 0 Å². The van der Waals surface area contributed by atoms with Crippen LogP contribution in [0.2, 0.25) is 5.02 Å². The SMILES string of the molecule is O=C1C(CS(=O)(=O)Nc2ccccc2Cl)=NC(=O)n2cccc21. The maximum Gasteiger partial charge on any atom is 0.352 e. The number of amides is 1. The lowest BCUT2D eigenvalue weighted by Crippen LogP contribution is -2.34. The number of rotatable bonds is 4. The lowest BCUT2D eigenvalue weighted by Gasteiger charge is -2.14. The molecule has 0 unspecified atom stereocenters. The summed E-state index contributed by atoms with van der Waals surface area (Å²) in [5, 5.41) is 0.220. The fraction of sp³-hybridized carbons (Fsp3) is 0.0714. The molecule has 0 saturated heterocycles. The summed E-state index contributed by atoms with van der Waals surface area (Å²) in [6.07, 6.45) is 1.40. The van der Waals surface area contributed by atoms with Gasteiger partial charge in [0.25, 0.3) is 0 Å². The molecule has 1 aliphatic heterocycles. The number of hydrogen-bond donors (Lipinski definition) is 1. The fourth-order valence-electron chi connectivity index (χ4n) is 2.13. The van der Waals surface area contributed by atoms with Gasteiger partial charge in [-0.2, -0.15) is 4.99 Å². The molecule has 0 atom stereocenters. The Labute approximate surface area is 136 Å².